The van der Waals surface area contributed by atoms with Crippen LogP contribution >= 0.6 is 0 Å². The topological polar surface area (TPSA) is 81.8 Å². The number of nitrogens with zero attached hydrogens (tertiary/aromatic N) is 4. The Labute approximate surface area is 108 Å². The van der Waals surface area contributed by atoms with Crippen LogP contribution in [-0.2, 0) is 6.18 Å². The first kappa shape index (κ1) is 13.8. The van der Waals surface area contributed by atoms with Crippen molar-refractivity contribution in [1.29, 1.82) is 0 Å². The van der Waals surface area contributed by atoms with E-state index in [4.69, 9.17) is 0 Å². The van der Waals surface area contributed by atoms with Gasteiger partial charge in [0.1, 0.15) is 11.9 Å². The van der Waals surface area contributed by atoms with Crippen LogP contribution in [0.15, 0.2) is 24.7 Å². The van der Waals surface area contributed by atoms with Gasteiger partial charge in [-0.3, -0.25) is 10.1 Å². The first-order valence-electron chi connectivity index (χ1n) is 4.98. The van der Waals surface area contributed by atoms with E-state index in [2.05, 4.69) is 15.0 Å². The molecule has 2 aromatic rings. The zero-order chi connectivity index (χ0) is 14.9. The summed E-state index contributed by atoms with van der Waals surface area (Å²) in [7, 11) is 0. The van der Waals surface area contributed by atoms with Crippen molar-refractivity contribution in [1.82, 2.24) is 15.0 Å². The molecule has 0 saturated carbocycles. The summed E-state index contributed by atoms with van der Waals surface area (Å²) in [6.07, 6.45) is -2.89. The molecule has 0 atom stereocenters. The molecule has 2 rings (SSSR count). The third-order valence-electron chi connectivity index (χ3n) is 2.22. The molecule has 0 aliphatic rings. The van der Waals surface area contributed by atoms with Crippen LogP contribution in [0, 0.1) is 15.9 Å². The van der Waals surface area contributed by atoms with Crippen LogP contribution in [0.25, 0.3) is 11.5 Å². The highest BCUT2D eigenvalue weighted by atomic mass is 19.4. The Kier molecular flexibility index (Phi) is 3.30. The molecule has 0 aliphatic heterocycles. The second-order valence-corrected chi connectivity index (χ2v) is 3.57. The molecular formula is C10H4F4N4O2. The quantitative estimate of drug-likeness (QED) is 0.482. The molecule has 0 bridgehead atoms. The van der Waals surface area contributed by atoms with Gasteiger partial charge in [0.2, 0.25) is 0 Å². The van der Waals surface area contributed by atoms with Crippen LogP contribution in [-0.4, -0.2) is 19.9 Å². The van der Waals surface area contributed by atoms with E-state index in [9.17, 15) is 27.7 Å². The Balaban J connectivity index is 2.63. The first-order valence-corrected chi connectivity index (χ1v) is 4.98. The van der Waals surface area contributed by atoms with Gasteiger partial charge < -0.3 is 0 Å². The van der Waals surface area contributed by atoms with Crippen LogP contribution in [0.2, 0.25) is 0 Å². The molecule has 0 radical (unpaired) electrons. The van der Waals surface area contributed by atoms with Crippen LogP contribution in [0.4, 0.5) is 23.2 Å². The third kappa shape index (κ3) is 2.68. The number of halogens is 4. The van der Waals surface area contributed by atoms with Crippen molar-refractivity contribution < 1.29 is 22.5 Å². The zero-order valence-corrected chi connectivity index (χ0v) is 9.43. The molecule has 20 heavy (non-hydrogen) atoms. The van der Waals surface area contributed by atoms with E-state index in [-0.39, 0.29) is 0 Å². The zero-order valence-electron chi connectivity index (χ0n) is 9.43. The molecule has 0 aliphatic carbocycles. The van der Waals surface area contributed by atoms with Crippen molar-refractivity contribution in [2.45, 2.75) is 6.18 Å². The second kappa shape index (κ2) is 4.79. The lowest BCUT2D eigenvalue weighted by molar-refractivity contribution is -0.385. The van der Waals surface area contributed by atoms with E-state index in [1.54, 1.807) is 0 Å². The van der Waals surface area contributed by atoms with Gasteiger partial charge in [-0.05, 0) is 0 Å². The molecule has 0 amide bonds. The van der Waals surface area contributed by atoms with Gasteiger partial charge in [0.05, 0.1) is 22.9 Å². The Morgan fingerprint density at radius 2 is 1.70 bits per heavy atom. The van der Waals surface area contributed by atoms with Crippen LogP contribution in [0.3, 0.4) is 0 Å². The van der Waals surface area contributed by atoms with E-state index in [0.29, 0.717) is 24.7 Å². The maximum Gasteiger partial charge on any atom is 0.418 e. The number of hydrogen-bond acceptors (Lipinski definition) is 5. The van der Waals surface area contributed by atoms with E-state index < -0.39 is 39.7 Å². The smallest absolute Gasteiger partial charge is 0.258 e. The molecule has 6 nitrogen and oxygen atoms in total. The summed E-state index contributed by atoms with van der Waals surface area (Å²) < 4.78 is 51.2. The maximum atomic E-state index is 12.9. The Bertz CT molecular complexity index is 657. The predicted molar refractivity (Wildman–Crippen MR) is 56.9 cm³/mol. The van der Waals surface area contributed by atoms with Crippen molar-refractivity contribution in [2.75, 3.05) is 0 Å². The monoisotopic (exact) mass is 288 g/mol. The van der Waals surface area contributed by atoms with Gasteiger partial charge in [-0.2, -0.15) is 13.2 Å². The number of nitro groups is 1. The minimum Gasteiger partial charge on any atom is -0.258 e. The highest BCUT2D eigenvalue weighted by Crippen LogP contribution is 2.36. The van der Waals surface area contributed by atoms with E-state index in [1.807, 2.05) is 0 Å². The standard InChI is InChI=1S/C10H4F4N4O2/c11-5-2-16-9(17-3-5)8-7(10(12,13)14)1-6(4-15-8)18(19)20/h1-4H. The second-order valence-electron chi connectivity index (χ2n) is 3.57. The van der Waals surface area contributed by atoms with Gasteiger partial charge in [0.15, 0.2) is 11.6 Å². The van der Waals surface area contributed by atoms with Crippen LogP contribution in [0.1, 0.15) is 5.56 Å². The molecule has 0 saturated heterocycles. The summed E-state index contributed by atoms with van der Waals surface area (Å²) in [6, 6.07) is 0.328. The molecule has 2 aromatic heterocycles. The van der Waals surface area contributed by atoms with Crippen LogP contribution < -0.4 is 0 Å². The predicted octanol–water partition coefficient (Wildman–Crippen LogP) is 2.60. The van der Waals surface area contributed by atoms with E-state index >= 15 is 0 Å². The third-order valence-corrected chi connectivity index (χ3v) is 2.22. The molecule has 104 valence electrons. The maximum absolute atomic E-state index is 12.9. The van der Waals surface area contributed by atoms with E-state index in [1.165, 1.54) is 0 Å². The first-order chi connectivity index (χ1) is 9.29. The minimum atomic E-state index is -4.88. The average Bonchev–Trinajstić information content (AvgIpc) is 2.38. The fourth-order valence-electron chi connectivity index (χ4n) is 1.38. The summed E-state index contributed by atoms with van der Waals surface area (Å²) >= 11 is 0. The van der Waals surface area contributed by atoms with Crippen molar-refractivity contribution >= 4 is 5.69 Å². The number of alkyl halides is 3. The fraction of sp³-hybridized carbons (Fsp3) is 0.100. The summed E-state index contributed by atoms with van der Waals surface area (Å²) in [5.74, 6) is -1.31. The van der Waals surface area contributed by atoms with Gasteiger partial charge >= 0.3 is 6.18 Å². The molecule has 0 aromatic carbocycles. The molecular weight excluding hydrogens is 284 g/mol. The summed E-state index contributed by atoms with van der Waals surface area (Å²) in [5.41, 5.74) is -2.88. The summed E-state index contributed by atoms with van der Waals surface area (Å²) in [6.45, 7) is 0. The van der Waals surface area contributed by atoms with Crippen molar-refractivity contribution in [3.05, 3.63) is 46.2 Å². The Hall–Kier alpha value is -2.65. The molecule has 0 fully saturated rings. The molecule has 0 N–H and O–H groups in total. The number of rotatable bonds is 2. The molecule has 0 unspecified atom stereocenters. The van der Waals surface area contributed by atoms with Gasteiger partial charge in [-0.15, -0.1) is 0 Å². The highest BCUT2D eigenvalue weighted by Gasteiger charge is 2.37. The lowest BCUT2D eigenvalue weighted by Crippen LogP contribution is -2.10. The van der Waals surface area contributed by atoms with Crippen molar-refractivity contribution in [3.63, 3.8) is 0 Å². The summed E-state index contributed by atoms with van der Waals surface area (Å²) in [5, 5.41) is 10.5. The Morgan fingerprint density at radius 3 is 2.20 bits per heavy atom. The van der Waals surface area contributed by atoms with Crippen molar-refractivity contribution in [3.8, 4) is 11.5 Å². The van der Waals surface area contributed by atoms with Gasteiger partial charge in [-0.1, -0.05) is 0 Å². The lowest BCUT2D eigenvalue weighted by atomic mass is 10.1. The van der Waals surface area contributed by atoms with Gasteiger partial charge in [-0.25, -0.2) is 19.3 Å². The van der Waals surface area contributed by atoms with E-state index in [0.717, 1.165) is 0 Å². The normalized spacial score (nSPS) is 11.4. The molecule has 10 heteroatoms. The molecule has 0 spiro atoms. The largest absolute Gasteiger partial charge is 0.418 e. The number of hydrogen-bond donors (Lipinski definition) is 0. The lowest BCUT2D eigenvalue weighted by Gasteiger charge is -2.10. The molecule has 2 heterocycles. The van der Waals surface area contributed by atoms with Crippen molar-refractivity contribution in [2.24, 2.45) is 0 Å². The SMILES string of the molecule is O=[N+]([O-])c1cnc(-c2ncc(F)cn2)c(C(F)(F)F)c1. The van der Waals surface area contributed by atoms with Gasteiger partial charge in [0.25, 0.3) is 5.69 Å². The van der Waals surface area contributed by atoms with Gasteiger partial charge in [0, 0.05) is 6.07 Å². The summed E-state index contributed by atoms with van der Waals surface area (Å²) in [4.78, 5) is 19.6. The minimum absolute atomic E-state index is 0.328. The highest BCUT2D eigenvalue weighted by molar-refractivity contribution is 5.58. The number of pyridine rings is 1. The average molecular weight is 288 g/mol. The Morgan fingerprint density at radius 1 is 1.10 bits per heavy atom. The number of aromatic nitrogens is 3. The van der Waals surface area contributed by atoms with Crippen LogP contribution in [0.5, 0.6) is 0 Å². The fourth-order valence-corrected chi connectivity index (χ4v) is 1.38.